The molecule has 0 unspecified atom stereocenters. The second-order valence-corrected chi connectivity index (χ2v) is 6.07. The molecule has 0 bridgehead atoms. The first-order chi connectivity index (χ1) is 10.5. The van der Waals surface area contributed by atoms with E-state index in [4.69, 9.17) is 23.2 Å². The molecule has 0 atom stereocenters. The van der Waals surface area contributed by atoms with Crippen molar-refractivity contribution < 1.29 is 13.6 Å². The Morgan fingerprint density at radius 2 is 1.86 bits per heavy atom. The fourth-order valence-corrected chi connectivity index (χ4v) is 2.93. The van der Waals surface area contributed by atoms with E-state index in [9.17, 15) is 13.6 Å². The zero-order valence-corrected chi connectivity index (χ0v) is 13.6. The molecule has 1 aliphatic rings. The van der Waals surface area contributed by atoms with Crippen molar-refractivity contribution in [1.29, 1.82) is 0 Å². The molecule has 7 heteroatoms. The van der Waals surface area contributed by atoms with Crippen LogP contribution >= 0.6 is 23.2 Å². The van der Waals surface area contributed by atoms with Gasteiger partial charge in [0, 0.05) is 32.6 Å². The van der Waals surface area contributed by atoms with Gasteiger partial charge in [0.1, 0.15) is 0 Å². The summed E-state index contributed by atoms with van der Waals surface area (Å²) < 4.78 is 24.6. The third-order valence-electron chi connectivity index (χ3n) is 3.76. The molecule has 1 fully saturated rings. The molecule has 22 heavy (non-hydrogen) atoms. The normalized spacial score (nSPS) is 16.3. The first kappa shape index (κ1) is 17.4. The first-order valence-corrected chi connectivity index (χ1v) is 7.94. The molecule has 0 saturated carbocycles. The standard InChI is InChI=1S/C15H18Cl2F2N2O/c16-12-3-1-2-11(15(12)17)4-5-14(22)21-8-6-20(7-9-21)10-13(18)19/h1-3,13H,4-10H2. The van der Waals surface area contributed by atoms with Crippen molar-refractivity contribution in [3.63, 3.8) is 0 Å². The van der Waals surface area contributed by atoms with Crippen molar-refractivity contribution in [3.05, 3.63) is 33.8 Å². The number of carbonyl (C=O) groups is 1. The van der Waals surface area contributed by atoms with E-state index >= 15 is 0 Å². The Morgan fingerprint density at radius 1 is 1.18 bits per heavy atom. The fourth-order valence-electron chi connectivity index (χ4n) is 2.52. The van der Waals surface area contributed by atoms with Gasteiger partial charge in [0.15, 0.2) is 0 Å². The second kappa shape index (κ2) is 8.09. The van der Waals surface area contributed by atoms with Crippen molar-refractivity contribution in [3.8, 4) is 0 Å². The summed E-state index contributed by atoms with van der Waals surface area (Å²) in [5.41, 5.74) is 0.846. The molecule has 2 rings (SSSR count). The fraction of sp³-hybridized carbons (Fsp3) is 0.533. The van der Waals surface area contributed by atoms with Crippen LogP contribution in [0, 0.1) is 0 Å². The molecule has 1 amide bonds. The average Bonchev–Trinajstić information content (AvgIpc) is 2.48. The van der Waals surface area contributed by atoms with Gasteiger partial charge in [0.05, 0.1) is 16.6 Å². The van der Waals surface area contributed by atoms with Gasteiger partial charge in [-0.05, 0) is 18.1 Å². The Balaban J connectivity index is 1.80. The highest BCUT2D eigenvalue weighted by Crippen LogP contribution is 2.26. The van der Waals surface area contributed by atoms with Crippen LogP contribution in [0.25, 0.3) is 0 Å². The maximum absolute atomic E-state index is 12.3. The van der Waals surface area contributed by atoms with Crippen LogP contribution < -0.4 is 0 Å². The Hall–Kier alpha value is -0.910. The second-order valence-electron chi connectivity index (χ2n) is 5.29. The number of rotatable bonds is 5. The molecule has 1 aromatic rings. The largest absolute Gasteiger partial charge is 0.340 e. The number of piperazine rings is 1. The molecule has 0 spiro atoms. The molecule has 1 aliphatic heterocycles. The summed E-state index contributed by atoms with van der Waals surface area (Å²) in [6, 6.07) is 5.36. The zero-order chi connectivity index (χ0) is 16.1. The summed E-state index contributed by atoms with van der Waals surface area (Å²) in [6.45, 7) is 1.76. The summed E-state index contributed by atoms with van der Waals surface area (Å²) in [6.07, 6.45) is -1.46. The minimum absolute atomic E-state index is 0.0211. The molecule has 122 valence electrons. The molecule has 1 heterocycles. The summed E-state index contributed by atoms with van der Waals surface area (Å²) in [5.74, 6) is 0.0211. The van der Waals surface area contributed by atoms with Crippen LogP contribution in [0.2, 0.25) is 10.0 Å². The van der Waals surface area contributed by atoms with Gasteiger partial charge >= 0.3 is 0 Å². The monoisotopic (exact) mass is 350 g/mol. The van der Waals surface area contributed by atoms with Crippen molar-refractivity contribution in [1.82, 2.24) is 9.80 Å². The van der Waals surface area contributed by atoms with Crippen LogP contribution in [0.15, 0.2) is 18.2 Å². The van der Waals surface area contributed by atoms with Crippen LogP contribution in [0.3, 0.4) is 0 Å². The minimum atomic E-state index is -2.33. The quantitative estimate of drug-likeness (QED) is 0.813. The highest BCUT2D eigenvalue weighted by molar-refractivity contribution is 6.42. The Morgan fingerprint density at radius 3 is 2.50 bits per heavy atom. The lowest BCUT2D eigenvalue weighted by molar-refractivity contribution is -0.133. The summed E-state index contributed by atoms with van der Waals surface area (Å²) in [5, 5.41) is 0.964. The topological polar surface area (TPSA) is 23.6 Å². The van der Waals surface area contributed by atoms with Crippen molar-refractivity contribution in [2.24, 2.45) is 0 Å². The first-order valence-electron chi connectivity index (χ1n) is 7.18. The Labute approximate surface area is 138 Å². The van der Waals surface area contributed by atoms with Crippen LogP contribution in [0.5, 0.6) is 0 Å². The number of aryl methyl sites for hydroxylation is 1. The van der Waals surface area contributed by atoms with Gasteiger partial charge in [-0.3, -0.25) is 9.69 Å². The lowest BCUT2D eigenvalue weighted by Gasteiger charge is -2.34. The van der Waals surface area contributed by atoms with Gasteiger partial charge in [-0.1, -0.05) is 35.3 Å². The van der Waals surface area contributed by atoms with Crippen molar-refractivity contribution in [2.45, 2.75) is 19.3 Å². The van der Waals surface area contributed by atoms with E-state index in [0.29, 0.717) is 49.1 Å². The van der Waals surface area contributed by atoms with Crippen LogP contribution in [0.4, 0.5) is 8.78 Å². The SMILES string of the molecule is O=C(CCc1cccc(Cl)c1Cl)N1CCN(CC(F)F)CC1. The maximum Gasteiger partial charge on any atom is 0.251 e. The summed E-state index contributed by atoms with van der Waals surface area (Å²) in [7, 11) is 0. The summed E-state index contributed by atoms with van der Waals surface area (Å²) in [4.78, 5) is 15.6. The predicted octanol–water partition coefficient (Wildman–Crippen LogP) is 3.34. The van der Waals surface area contributed by atoms with E-state index in [0.717, 1.165) is 5.56 Å². The number of alkyl halides is 2. The molecule has 0 radical (unpaired) electrons. The van der Waals surface area contributed by atoms with Crippen LogP contribution in [0.1, 0.15) is 12.0 Å². The molecule has 1 saturated heterocycles. The van der Waals surface area contributed by atoms with Crippen molar-refractivity contribution >= 4 is 29.1 Å². The summed E-state index contributed by atoms with van der Waals surface area (Å²) >= 11 is 12.0. The average molecular weight is 351 g/mol. The van der Waals surface area contributed by atoms with Gasteiger partial charge in [-0.25, -0.2) is 8.78 Å². The molecule has 0 aliphatic carbocycles. The maximum atomic E-state index is 12.3. The Bertz CT molecular complexity index is 520. The third-order valence-corrected chi connectivity index (χ3v) is 4.62. The van der Waals surface area contributed by atoms with E-state index in [1.54, 1.807) is 21.9 Å². The molecule has 0 N–H and O–H groups in total. The number of halogens is 4. The number of carbonyl (C=O) groups excluding carboxylic acids is 1. The third kappa shape index (κ3) is 4.80. The van der Waals surface area contributed by atoms with Gasteiger partial charge in [0.25, 0.3) is 6.43 Å². The van der Waals surface area contributed by atoms with Gasteiger partial charge in [-0.15, -0.1) is 0 Å². The number of hydrogen-bond acceptors (Lipinski definition) is 2. The lowest BCUT2D eigenvalue weighted by atomic mass is 10.1. The molecular formula is C15H18Cl2F2N2O. The van der Waals surface area contributed by atoms with E-state index < -0.39 is 6.43 Å². The lowest BCUT2D eigenvalue weighted by Crippen LogP contribution is -2.49. The number of hydrogen-bond donors (Lipinski definition) is 0. The molecule has 3 nitrogen and oxygen atoms in total. The highest BCUT2D eigenvalue weighted by Gasteiger charge is 2.22. The van der Waals surface area contributed by atoms with Gasteiger partial charge in [-0.2, -0.15) is 0 Å². The van der Waals surface area contributed by atoms with Crippen LogP contribution in [-0.2, 0) is 11.2 Å². The predicted molar refractivity (Wildman–Crippen MR) is 83.8 cm³/mol. The van der Waals surface area contributed by atoms with E-state index in [2.05, 4.69) is 0 Å². The van der Waals surface area contributed by atoms with E-state index in [1.807, 2.05) is 6.07 Å². The van der Waals surface area contributed by atoms with Crippen LogP contribution in [-0.4, -0.2) is 54.9 Å². The van der Waals surface area contributed by atoms with E-state index in [1.165, 1.54) is 0 Å². The molecule has 0 aromatic heterocycles. The van der Waals surface area contributed by atoms with E-state index in [-0.39, 0.29) is 12.5 Å². The number of amides is 1. The number of benzene rings is 1. The smallest absolute Gasteiger partial charge is 0.251 e. The molecule has 1 aromatic carbocycles. The minimum Gasteiger partial charge on any atom is -0.340 e. The highest BCUT2D eigenvalue weighted by atomic mass is 35.5. The van der Waals surface area contributed by atoms with Gasteiger partial charge in [0.2, 0.25) is 5.91 Å². The zero-order valence-electron chi connectivity index (χ0n) is 12.1. The molecular weight excluding hydrogens is 333 g/mol. The number of nitrogens with zero attached hydrogens (tertiary/aromatic N) is 2. The van der Waals surface area contributed by atoms with Crippen molar-refractivity contribution in [2.75, 3.05) is 32.7 Å². The Kier molecular flexibility index (Phi) is 6.41. The van der Waals surface area contributed by atoms with Gasteiger partial charge < -0.3 is 4.90 Å².